The summed E-state index contributed by atoms with van der Waals surface area (Å²) in [5.41, 5.74) is 0.988. The van der Waals surface area contributed by atoms with Crippen LogP contribution in [0.4, 0.5) is 10.5 Å². The summed E-state index contributed by atoms with van der Waals surface area (Å²) in [6.07, 6.45) is -0.874. The second-order valence-corrected chi connectivity index (χ2v) is 7.04. The van der Waals surface area contributed by atoms with Gasteiger partial charge in [-0.1, -0.05) is 41.9 Å². The Morgan fingerprint density at radius 1 is 0.968 bits per heavy atom. The lowest BCUT2D eigenvalue weighted by molar-refractivity contribution is -0.143. The molecule has 31 heavy (non-hydrogen) atoms. The molecular weight excluding hydrogens is 426 g/mol. The second-order valence-electron chi connectivity index (χ2n) is 6.60. The first-order chi connectivity index (χ1) is 15.2. The molecule has 2 aromatic rings. The van der Waals surface area contributed by atoms with E-state index in [1.807, 2.05) is 0 Å². The lowest BCUT2D eigenvalue weighted by atomic mass is 10.0. The maximum Gasteiger partial charge on any atom is 0.326 e. The maximum absolute atomic E-state index is 12.9. The van der Waals surface area contributed by atoms with Gasteiger partial charge < -0.3 is 26.2 Å². The summed E-state index contributed by atoms with van der Waals surface area (Å²) in [5, 5.41) is 23.7. The van der Waals surface area contributed by atoms with Crippen molar-refractivity contribution in [2.24, 2.45) is 0 Å². The van der Waals surface area contributed by atoms with Crippen LogP contribution >= 0.6 is 11.6 Å². The zero-order valence-electron chi connectivity index (χ0n) is 17.3. The molecule has 0 unspecified atom stereocenters. The number of urea groups is 1. The molecule has 2 aromatic carbocycles. The quantitative estimate of drug-likeness (QED) is 0.377. The Bertz CT molecular complexity index is 958. The van der Waals surface area contributed by atoms with Gasteiger partial charge in [0.1, 0.15) is 12.1 Å². The number of carbonyl (C=O) groups excluding carboxylic acids is 2. The third kappa shape index (κ3) is 8.35. The topological polar surface area (TPSA) is 145 Å². The molecule has 0 aliphatic carbocycles. The first-order valence-corrected chi connectivity index (χ1v) is 9.68. The molecular formula is C21H22ClN3O6. The van der Waals surface area contributed by atoms with E-state index in [4.69, 9.17) is 18.1 Å². The molecule has 0 fully saturated rings. The van der Waals surface area contributed by atoms with E-state index >= 15 is 0 Å². The number of anilines is 1. The Balaban J connectivity index is 2.20. The van der Waals surface area contributed by atoms with Crippen LogP contribution in [0.25, 0.3) is 0 Å². The largest absolute Gasteiger partial charge is 0.481 e. The first-order valence-electron chi connectivity index (χ1n) is 9.75. The van der Waals surface area contributed by atoms with E-state index in [1.54, 1.807) is 42.5 Å². The van der Waals surface area contributed by atoms with Gasteiger partial charge in [0.2, 0.25) is 5.91 Å². The predicted molar refractivity (Wildman–Crippen MR) is 114 cm³/mol. The monoisotopic (exact) mass is 448 g/mol. The Morgan fingerprint density at radius 3 is 2.19 bits per heavy atom. The SMILES string of the molecule is [2H]N(C(=O)Nc1ccc(Cl)cc1)[C@@H](Cc1ccccc1)C(=O)N[C@@H](CCC(=O)O)C(=O)O. The van der Waals surface area contributed by atoms with Crippen LogP contribution in [0.3, 0.4) is 0 Å². The summed E-state index contributed by atoms with van der Waals surface area (Å²) in [4.78, 5) is 47.7. The molecule has 0 spiro atoms. The number of carboxylic acid groups (broad SMARTS) is 2. The van der Waals surface area contributed by atoms with Gasteiger partial charge in [0.05, 0.1) is 0 Å². The van der Waals surface area contributed by atoms with E-state index in [0.29, 0.717) is 21.6 Å². The predicted octanol–water partition coefficient (Wildman–Crippen LogP) is 2.51. The van der Waals surface area contributed by atoms with Crippen LogP contribution in [0.1, 0.15) is 18.4 Å². The molecule has 0 heterocycles. The summed E-state index contributed by atoms with van der Waals surface area (Å²) in [6, 6.07) is 10.9. The van der Waals surface area contributed by atoms with E-state index in [1.165, 1.54) is 12.1 Å². The summed E-state index contributed by atoms with van der Waals surface area (Å²) >= 11 is 5.81. The van der Waals surface area contributed by atoms with Gasteiger partial charge in [0.25, 0.3) is 0 Å². The summed E-state index contributed by atoms with van der Waals surface area (Å²) in [7, 11) is 0. The Labute approximate surface area is 184 Å². The van der Waals surface area contributed by atoms with Gasteiger partial charge in [0, 0.05) is 23.6 Å². The van der Waals surface area contributed by atoms with Crippen LogP contribution in [0, 0.1) is 0 Å². The lowest BCUT2D eigenvalue weighted by Crippen LogP contribution is -2.53. The Hall–Kier alpha value is -3.59. The molecule has 0 radical (unpaired) electrons. The van der Waals surface area contributed by atoms with E-state index in [9.17, 15) is 24.3 Å². The number of rotatable bonds is 10. The molecule has 9 nitrogen and oxygen atoms in total. The van der Waals surface area contributed by atoms with E-state index < -0.39 is 42.4 Å². The van der Waals surface area contributed by atoms with Crippen LogP contribution < -0.4 is 15.9 Å². The second kappa shape index (κ2) is 11.6. The molecule has 3 amide bonds. The smallest absolute Gasteiger partial charge is 0.326 e. The van der Waals surface area contributed by atoms with Crippen molar-refractivity contribution in [1.82, 2.24) is 10.6 Å². The third-order valence-electron chi connectivity index (χ3n) is 4.20. The average Bonchev–Trinajstić information content (AvgIpc) is 2.76. The van der Waals surface area contributed by atoms with Crippen LogP contribution in [0.2, 0.25) is 6.43 Å². The maximum atomic E-state index is 12.9. The zero-order valence-corrected chi connectivity index (χ0v) is 17.1. The van der Waals surface area contributed by atoms with E-state index in [-0.39, 0.29) is 12.8 Å². The number of carboxylic acids is 2. The lowest BCUT2D eigenvalue weighted by Gasteiger charge is -2.21. The van der Waals surface area contributed by atoms with Gasteiger partial charge in [-0.2, -0.15) is 0 Å². The highest BCUT2D eigenvalue weighted by molar-refractivity contribution is 6.30. The van der Waals surface area contributed by atoms with Crippen LogP contribution in [-0.4, -0.2) is 46.2 Å². The summed E-state index contributed by atoms with van der Waals surface area (Å²) < 4.78 is 8.22. The van der Waals surface area contributed by atoms with Crippen LogP contribution in [0.15, 0.2) is 54.6 Å². The van der Waals surface area contributed by atoms with Crippen molar-refractivity contribution in [1.29, 1.82) is 0 Å². The molecule has 5 N–H and O–H groups in total. The molecule has 10 heteroatoms. The minimum absolute atomic E-state index is 0.0600. The average molecular weight is 449 g/mol. The van der Waals surface area contributed by atoms with Gasteiger partial charge in [0.15, 0.2) is 1.41 Å². The third-order valence-corrected chi connectivity index (χ3v) is 4.46. The molecule has 0 aliphatic rings. The van der Waals surface area contributed by atoms with Crippen molar-refractivity contribution < 1.29 is 30.8 Å². The number of benzene rings is 2. The number of nitrogens with one attached hydrogen (secondary N) is 3. The fourth-order valence-electron chi connectivity index (χ4n) is 2.66. The molecule has 2 atom stereocenters. The number of aliphatic carboxylic acids is 2. The van der Waals surface area contributed by atoms with Gasteiger partial charge in [-0.3, -0.25) is 9.59 Å². The molecule has 2 rings (SSSR count). The molecule has 164 valence electrons. The van der Waals surface area contributed by atoms with Crippen molar-refractivity contribution in [3.05, 3.63) is 65.2 Å². The normalized spacial score (nSPS) is 12.7. The highest BCUT2D eigenvalue weighted by Crippen LogP contribution is 2.13. The zero-order chi connectivity index (χ0) is 23.7. The molecule has 0 saturated carbocycles. The van der Waals surface area contributed by atoms with Crippen molar-refractivity contribution in [3.8, 4) is 0 Å². The van der Waals surface area contributed by atoms with Crippen molar-refractivity contribution in [3.63, 3.8) is 0 Å². The minimum atomic E-state index is -1.48. The summed E-state index contributed by atoms with van der Waals surface area (Å²) in [6.45, 7) is 0. The van der Waals surface area contributed by atoms with Gasteiger partial charge in [-0.05, 0) is 36.2 Å². The van der Waals surface area contributed by atoms with E-state index in [2.05, 4.69) is 10.6 Å². The fourth-order valence-corrected chi connectivity index (χ4v) is 2.78. The van der Waals surface area contributed by atoms with Gasteiger partial charge in [-0.15, -0.1) is 0 Å². The van der Waals surface area contributed by atoms with Crippen molar-refractivity contribution in [2.75, 3.05) is 5.32 Å². The molecule has 0 aliphatic heterocycles. The van der Waals surface area contributed by atoms with Crippen molar-refractivity contribution >= 4 is 41.2 Å². The molecule has 0 bridgehead atoms. The Kier molecular flexibility index (Phi) is 8.24. The van der Waals surface area contributed by atoms with Crippen LogP contribution in [-0.2, 0) is 20.8 Å². The number of hydrogen-bond donors (Lipinski definition) is 5. The van der Waals surface area contributed by atoms with Gasteiger partial charge in [-0.25, -0.2) is 9.59 Å². The molecule has 0 aromatic heterocycles. The number of hydrogen-bond acceptors (Lipinski definition) is 4. The summed E-state index contributed by atoms with van der Waals surface area (Å²) in [5.74, 6) is -3.52. The Morgan fingerprint density at radius 2 is 1.61 bits per heavy atom. The molecule has 0 saturated heterocycles. The highest BCUT2D eigenvalue weighted by atomic mass is 35.5. The first kappa shape index (κ1) is 22.1. The number of carbonyl (C=O) groups is 4. The minimum Gasteiger partial charge on any atom is -0.481 e. The standard InChI is InChI=1S/C21H22ClN3O6/c22-14-6-8-15(9-7-14)23-21(31)25-17(12-13-4-2-1-3-5-13)19(28)24-16(20(29)30)10-11-18(26)27/h1-9,16-17H,10-12H2,(H,24,28)(H,26,27)(H,29,30)(H2,23,25,31)/t16-,17-/m0/s1/i/hD. The van der Waals surface area contributed by atoms with Crippen molar-refractivity contribution in [2.45, 2.75) is 31.3 Å². The highest BCUT2D eigenvalue weighted by Gasteiger charge is 2.27. The fraction of sp³-hybridized carbons (Fsp3) is 0.238. The number of halogens is 1. The van der Waals surface area contributed by atoms with E-state index in [0.717, 1.165) is 0 Å². The van der Waals surface area contributed by atoms with Gasteiger partial charge >= 0.3 is 18.0 Å². The van der Waals surface area contributed by atoms with Crippen LogP contribution in [0.5, 0.6) is 0 Å². The number of amides is 3.